The molecule has 0 heterocycles. The van der Waals surface area contributed by atoms with Crippen LogP contribution >= 0.6 is 0 Å². The summed E-state index contributed by atoms with van der Waals surface area (Å²) in [5.74, 6) is -0.346. The fourth-order valence-corrected chi connectivity index (χ4v) is 3.84. The number of esters is 1. The SMILES string of the molecule is C=C(C)C(=O)OCCCc1cc(CCO)ccc1-c1ccc(-c2ccc(C)cc2)cc1C. The summed E-state index contributed by atoms with van der Waals surface area (Å²) in [7, 11) is 0. The molecule has 0 saturated carbocycles. The first-order valence-corrected chi connectivity index (χ1v) is 11.1. The molecule has 3 nitrogen and oxygen atoms in total. The molecule has 1 N–H and O–H groups in total. The highest BCUT2D eigenvalue weighted by Gasteiger charge is 2.11. The average Bonchev–Trinajstić information content (AvgIpc) is 2.77. The Hall–Kier alpha value is -3.17. The molecular weight excluding hydrogens is 396 g/mol. The van der Waals surface area contributed by atoms with Gasteiger partial charge in [0.05, 0.1) is 6.61 Å². The monoisotopic (exact) mass is 428 g/mol. The molecular formula is C29H32O3. The summed E-state index contributed by atoms with van der Waals surface area (Å²) < 4.78 is 5.27. The first-order valence-electron chi connectivity index (χ1n) is 11.1. The summed E-state index contributed by atoms with van der Waals surface area (Å²) in [5, 5.41) is 9.36. The molecule has 166 valence electrons. The highest BCUT2D eigenvalue weighted by molar-refractivity contribution is 5.86. The average molecular weight is 429 g/mol. The van der Waals surface area contributed by atoms with E-state index in [9.17, 15) is 9.90 Å². The van der Waals surface area contributed by atoms with E-state index in [0.29, 0.717) is 18.6 Å². The Morgan fingerprint density at radius 2 is 1.59 bits per heavy atom. The molecule has 0 aliphatic rings. The minimum Gasteiger partial charge on any atom is -0.462 e. The van der Waals surface area contributed by atoms with Crippen molar-refractivity contribution in [2.75, 3.05) is 13.2 Å². The number of benzene rings is 3. The fraction of sp³-hybridized carbons (Fsp3) is 0.276. The van der Waals surface area contributed by atoms with Crippen molar-refractivity contribution in [1.29, 1.82) is 0 Å². The summed E-state index contributed by atoms with van der Waals surface area (Å²) in [6.45, 7) is 10.0. The lowest BCUT2D eigenvalue weighted by Gasteiger charge is -2.15. The Morgan fingerprint density at radius 3 is 2.25 bits per heavy atom. The number of ether oxygens (including phenoxy) is 1. The largest absolute Gasteiger partial charge is 0.462 e. The van der Waals surface area contributed by atoms with Crippen LogP contribution in [-0.4, -0.2) is 24.3 Å². The molecule has 0 radical (unpaired) electrons. The Kier molecular flexibility index (Phi) is 8.02. The van der Waals surface area contributed by atoms with Crippen molar-refractivity contribution in [3.05, 3.63) is 95.1 Å². The summed E-state index contributed by atoms with van der Waals surface area (Å²) >= 11 is 0. The van der Waals surface area contributed by atoms with Crippen LogP contribution in [-0.2, 0) is 22.4 Å². The third-order valence-electron chi connectivity index (χ3n) is 5.64. The Balaban J connectivity index is 1.86. The van der Waals surface area contributed by atoms with E-state index in [4.69, 9.17) is 4.74 Å². The van der Waals surface area contributed by atoms with E-state index in [-0.39, 0.29) is 12.6 Å². The molecule has 0 amide bonds. The highest BCUT2D eigenvalue weighted by Crippen LogP contribution is 2.32. The maximum atomic E-state index is 11.6. The van der Waals surface area contributed by atoms with Gasteiger partial charge in [-0.15, -0.1) is 0 Å². The van der Waals surface area contributed by atoms with Gasteiger partial charge in [0, 0.05) is 12.2 Å². The van der Waals surface area contributed by atoms with Crippen molar-refractivity contribution in [3.63, 3.8) is 0 Å². The molecule has 32 heavy (non-hydrogen) atoms. The zero-order valence-electron chi connectivity index (χ0n) is 19.3. The van der Waals surface area contributed by atoms with Crippen molar-refractivity contribution >= 4 is 5.97 Å². The molecule has 0 atom stereocenters. The van der Waals surface area contributed by atoms with Crippen LogP contribution in [0.25, 0.3) is 22.3 Å². The quantitative estimate of drug-likeness (QED) is 0.250. The van der Waals surface area contributed by atoms with Crippen LogP contribution in [0, 0.1) is 13.8 Å². The predicted octanol–water partition coefficient (Wildman–Crippen LogP) is 6.22. The van der Waals surface area contributed by atoms with Gasteiger partial charge in [0.15, 0.2) is 0 Å². The Labute approximate surface area is 191 Å². The smallest absolute Gasteiger partial charge is 0.333 e. The third kappa shape index (κ3) is 5.95. The van der Waals surface area contributed by atoms with Crippen molar-refractivity contribution in [3.8, 4) is 22.3 Å². The van der Waals surface area contributed by atoms with Crippen LogP contribution in [0.5, 0.6) is 0 Å². The number of carbonyl (C=O) groups is 1. The van der Waals surface area contributed by atoms with Crippen LogP contribution in [0.3, 0.4) is 0 Å². The Morgan fingerprint density at radius 1 is 0.906 bits per heavy atom. The standard InChI is InChI=1S/C29H32O3/c1-20(2)29(31)32-17-5-6-26-19-23(15-16-30)9-13-28(26)27-14-12-25(18-22(27)4)24-10-7-21(3)8-11-24/h7-14,18-19,30H,1,5-6,15-17H2,2-4H3. The van der Waals surface area contributed by atoms with Crippen molar-refractivity contribution in [1.82, 2.24) is 0 Å². The summed E-state index contributed by atoms with van der Waals surface area (Å²) in [6, 6.07) is 21.6. The second kappa shape index (κ2) is 10.9. The first kappa shape index (κ1) is 23.5. The van der Waals surface area contributed by atoms with Crippen molar-refractivity contribution < 1.29 is 14.6 Å². The minimum atomic E-state index is -0.346. The van der Waals surface area contributed by atoms with Crippen LogP contribution in [0.1, 0.15) is 35.6 Å². The van der Waals surface area contributed by atoms with E-state index < -0.39 is 0 Å². The van der Waals surface area contributed by atoms with E-state index in [0.717, 1.165) is 18.4 Å². The topological polar surface area (TPSA) is 46.5 Å². The summed E-state index contributed by atoms with van der Waals surface area (Å²) in [6.07, 6.45) is 2.15. The van der Waals surface area contributed by atoms with E-state index in [1.54, 1.807) is 6.92 Å². The highest BCUT2D eigenvalue weighted by atomic mass is 16.5. The lowest BCUT2D eigenvalue weighted by molar-refractivity contribution is -0.139. The second-order valence-corrected chi connectivity index (χ2v) is 8.38. The molecule has 0 bridgehead atoms. The minimum absolute atomic E-state index is 0.124. The van der Waals surface area contributed by atoms with Crippen molar-refractivity contribution in [2.45, 2.75) is 40.0 Å². The molecule has 3 aromatic carbocycles. The molecule has 0 saturated heterocycles. The maximum absolute atomic E-state index is 11.6. The zero-order valence-corrected chi connectivity index (χ0v) is 19.3. The molecule has 0 unspecified atom stereocenters. The number of carbonyl (C=O) groups excluding carboxylic acids is 1. The molecule has 0 fully saturated rings. The van der Waals surface area contributed by atoms with E-state index in [1.807, 2.05) is 0 Å². The van der Waals surface area contributed by atoms with Gasteiger partial charge >= 0.3 is 5.97 Å². The number of aliphatic hydroxyl groups is 1. The number of aliphatic hydroxyl groups excluding tert-OH is 1. The Bertz CT molecular complexity index is 1090. The van der Waals surface area contributed by atoms with Gasteiger partial charge in [-0.2, -0.15) is 0 Å². The lowest BCUT2D eigenvalue weighted by atomic mass is 9.90. The molecule has 0 aliphatic heterocycles. The van der Waals surface area contributed by atoms with Crippen molar-refractivity contribution in [2.24, 2.45) is 0 Å². The van der Waals surface area contributed by atoms with Crippen LogP contribution < -0.4 is 0 Å². The van der Waals surface area contributed by atoms with Gasteiger partial charge in [0.2, 0.25) is 0 Å². The fourth-order valence-electron chi connectivity index (χ4n) is 3.84. The predicted molar refractivity (Wildman–Crippen MR) is 132 cm³/mol. The third-order valence-corrected chi connectivity index (χ3v) is 5.64. The molecule has 3 heteroatoms. The number of hydrogen-bond donors (Lipinski definition) is 1. The van der Waals surface area contributed by atoms with Gasteiger partial charge in [0.25, 0.3) is 0 Å². The number of aryl methyl sites for hydroxylation is 3. The van der Waals surface area contributed by atoms with Gasteiger partial charge in [-0.1, -0.05) is 72.8 Å². The molecule has 0 aromatic heterocycles. The van der Waals surface area contributed by atoms with Gasteiger partial charge in [-0.25, -0.2) is 4.79 Å². The summed E-state index contributed by atoms with van der Waals surface area (Å²) in [5.41, 5.74) is 10.00. The summed E-state index contributed by atoms with van der Waals surface area (Å²) in [4.78, 5) is 11.6. The molecule has 0 spiro atoms. The van der Waals surface area contributed by atoms with Gasteiger partial charge in [0.1, 0.15) is 0 Å². The number of rotatable bonds is 9. The number of hydrogen-bond acceptors (Lipinski definition) is 3. The maximum Gasteiger partial charge on any atom is 0.333 e. The van der Waals surface area contributed by atoms with Gasteiger partial charge in [-0.05, 0) is 79.0 Å². The van der Waals surface area contributed by atoms with Crippen LogP contribution in [0.15, 0.2) is 72.8 Å². The zero-order chi connectivity index (χ0) is 23.1. The van der Waals surface area contributed by atoms with Crippen LogP contribution in [0.2, 0.25) is 0 Å². The molecule has 3 rings (SSSR count). The normalized spacial score (nSPS) is 10.8. The van der Waals surface area contributed by atoms with E-state index in [2.05, 4.69) is 81.1 Å². The lowest BCUT2D eigenvalue weighted by Crippen LogP contribution is -2.07. The van der Waals surface area contributed by atoms with Gasteiger partial charge < -0.3 is 9.84 Å². The van der Waals surface area contributed by atoms with Crippen LogP contribution in [0.4, 0.5) is 0 Å². The molecule has 0 aliphatic carbocycles. The van der Waals surface area contributed by atoms with Gasteiger partial charge in [-0.3, -0.25) is 0 Å². The second-order valence-electron chi connectivity index (χ2n) is 8.38. The molecule has 3 aromatic rings. The van der Waals surface area contributed by atoms with E-state index in [1.165, 1.54) is 38.9 Å². The van der Waals surface area contributed by atoms with E-state index >= 15 is 0 Å². The first-order chi connectivity index (χ1) is 15.4.